The summed E-state index contributed by atoms with van der Waals surface area (Å²) in [5, 5.41) is 13.5. The lowest BCUT2D eigenvalue weighted by atomic mass is 10.2. The van der Waals surface area contributed by atoms with E-state index in [0.717, 1.165) is 12.1 Å². The molecule has 0 unspecified atom stereocenters. The highest BCUT2D eigenvalue weighted by molar-refractivity contribution is 5.89. The summed E-state index contributed by atoms with van der Waals surface area (Å²) in [5.41, 5.74) is 0.164. The summed E-state index contributed by atoms with van der Waals surface area (Å²) >= 11 is 0. The SMILES string of the molecule is C[C@H](CCO)NC(=O)Nc1ccc(F)c(F)c1. The van der Waals surface area contributed by atoms with Gasteiger partial charge in [0.2, 0.25) is 0 Å². The second-order valence-corrected chi connectivity index (χ2v) is 3.64. The molecule has 1 aromatic rings. The molecule has 1 aromatic carbocycles. The van der Waals surface area contributed by atoms with Crippen molar-refractivity contribution in [1.82, 2.24) is 5.32 Å². The highest BCUT2D eigenvalue weighted by Gasteiger charge is 2.08. The van der Waals surface area contributed by atoms with Crippen LogP contribution in [0.2, 0.25) is 0 Å². The predicted octanol–water partition coefficient (Wildman–Crippen LogP) is 1.86. The van der Waals surface area contributed by atoms with Crippen LogP contribution < -0.4 is 10.6 Å². The molecule has 2 amide bonds. The summed E-state index contributed by atoms with van der Waals surface area (Å²) in [7, 11) is 0. The predicted molar refractivity (Wildman–Crippen MR) is 59.7 cm³/mol. The van der Waals surface area contributed by atoms with Gasteiger partial charge in [0.1, 0.15) is 0 Å². The highest BCUT2D eigenvalue weighted by Crippen LogP contribution is 2.12. The molecule has 0 radical (unpaired) electrons. The number of hydrogen-bond donors (Lipinski definition) is 3. The molecule has 1 rings (SSSR count). The number of carbonyl (C=O) groups is 1. The highest BCUT2D eigenvalue weighted by atomic mass is 19.2. The van der Waals surface area contributed by atoms with E-state index in [9.17, 15) is 13.6 Å². The minimum Gasteiger partial charge on any atom is -0.396 e. The van der Waals surface area contributed by atoms with Crippen molar-refractivity contribution >= 4 is 11.7 Å². The number of aliphatic hydroxyl groups is 1. The first kappa shape index (κ1) is 13.4. The first-order chi connectivity index (χ1) is 8.02. The third-order valence-corrected chi connectivity index (χ3v) is 2.12. The lowest BCUT2D eigenvalue weighted by Crippen LogP contribution is -2.36. The molecule has 0 aliphatic heterocycles. The van der Waals surface area contributed by atoms with E-state index in [0.29, 0.717) is 6.42 Å². The number of nitrogens with one attached hydrogen (secondary N) is 2. The van der Waals surface area contributed by atoms with Gasteiger partial charge in [0, 0.05) is 24.4 Å². The van der Waals surface area contributed by atoms with Crippen LogP contribution in [0, 0.1) is 11.6 Å². The van der Waals surface area contributed by atoms with E-state index in [-0.39, 0.29) is 18.3 Å². The minimum atomic E-state index is -1.02. The third kappa shape index (κ3) is 4.36. The monoisotopic (exact) mass is 244 g/mol. The fourth-order valence-electron chi connectivity index (χ4n) is 1.23. The molecule has 0 saturated heterocycles. The number of halogens is 2. The maximum atomic E-state index is 12.8. The van der Waals surface area contributed by atoms with E-state index in [1.807, 2.05) is 0 Å². The summed E-state index contributed by atoms with van der Waals surface area (Å²) in [6.07, 6.45) is 0.422. The van der Waals surface area contributed by atoms with Gasteiger partial charge in [-0.15, -0.1) is 0 Å². The Bertz CT molecular complexity index is 399. The van der Waals surface area contributed by atoms with Gasteiger partial charge in [-0.05, 0) is 25.5 Å². The Morgan fingerprint density at radius 2 is 2.12 bits per heavy atom. The summed E-state index contributed by atoms with van der Waals surface area (Å²) in [5.74, 6) is -1.99. The number of benzene rings is 1. The zero-order valence-electron chi connectivity index (χ0n) is 9.34. The number of anilines is 1. The first-order valence-electron chi connectivity index (χ1n) is 5.16. The van der Waals surface area contributed by atoms with E-state index >= 15 is 0 Å². The average molecular weight is 244 g/mol. The van der Waals surface area contributed by atoms with Crippen molar-refractivity contribution < 1.29 is 18.7 Å². The Morgan fingerprint density at radius 3 is 2.71 bits per heavy atom. The topological polar surface area (TPSA) is 61.4 Å². The zero-order chi connectivity index (χ0) is 12.8. The van der Waals surface area contributed by atoms with Crippen LogP contribution in [-0.4, -0.2) is 23.8 Å². The van der Waals surface area contributed by atoms with Crippen LogP contribution in [-0.2, 0) is 0 Å². The lowest BCUT2D eigenvalue weighted by Gasteiger charge is -2.13. The Balaban J connectivity index is 2.53. The molecule has 0 saturated carbocycles. The van der Waals surface area contributed by atoms with Crippen molar-refractivity contribution in [3.63, 3.8) is 0 Å². The number of amides is 2. The number of hydrogen-bond acceptors (Lipinski definition) is 2. The molecule has 0 heterocycles. The fourth-order valence-corrected chi connectivity index (χ4v) is 1.23. The second kappa shape index (κ2) is 6.15. The van der Waals surface area contributed by atoms with E-state index in [4.69, 9.17) is 5.11 Å². The molecule has 4 nitrogen and oxygen atoms in total. The van der Waals surface area contributed by atoms with Crippen LogP contribution in [0.5, 0.6) is 0 Å². The fraction of sp³-hybridized carbons (Fsp3) is 0.364. The maximum Gasteiger partial charge on any atom is 0.319 e. The van der Waals surface area contributed by atoms with Crippen molar-refractivity contribution in [3.8, 4) is 0 Å². The van der Waals surface area contributed by atoms with Gasteiger partial charge in [-0.3, -0.25) is 0 Å². The summed E-state index contributed by atoms with van der Waals surface area (Å²) in [6, 6.07) is 2.35. The smallest absolute Gasteiger partial charge is 0.319 e. The molecule has 0 aliphatic rings. The van der Waals surface area contributed by atoms with Crippen LogP contribution in [0.15, 0.2) is 18.2 Å². The molecule has 0 spiro atoms. The van der Waals surface area contributed by atoms with Gasteiger partial charge in [0.15, 0.2) is 11.6 Å². The van der Waals surface area contributed by atoms with Crippen LogP contribution in [0.4, 0.5) is 19.3 Å². The maximum absolute atomic E-state index is 12.8. The third-order valence-electron chi connectivity index (χ3n) is 2.12. The van der Waals surface area contributed by atoms with Gasteiger partial charge < -0.3 is 15.7 Å². The largest absolute Gasteiger partial charge is 0.396 e. The van der Waals surface area contributed by atoms with Crippen molar-refractivity contribution in [2.75, 3.05) is 11.9 Å². The molecule has 0 aliphatic carbocycles. The minimum absolute atomic E-state index is 0.0351. The van der Waals surface area contributed by atoms with Gasteiger partial charge in [-0.25, -0.2) is 13.6 Å². The molecule has 17 heavy (non-hydrogen) atoms. The number of urea groups is 1. The van der Waals surface area contributed by atoms with Gasteiger partial charge >= 0.3 is 6.03 Å². The van der Waals surface area contributed by atoms with Gasteiger partial charge in [-0.2, -0.15) is 0 Å². The van der Waals surface area contributed by atoms with Crippen LogP contribution in [0.3, 0.4) is 0 Å². The summed E-state index contributed by atoms with van der Waals surface area (Å²) in [6.45, 7) is 1.69. The molecule has 0 bridgehead atoms. The molecule has 1 atom stereocenters. The average Bonchev–Trinajstić information content (AvgIpc) is 2.23. The van der Waals surface area contributed by atoms with E-state index in [1.54, 1.807) is 6.92 Å². The molecule has 6 heteroatoms. The number of carbonyl (C=O) groups excluding carboxylic acids is 1. The molecule has 0 aromatic heterocycles. The van der Waals surface area contributed by atoms with Crippen molar-refractivity contribution in [3.05, 3.63) is 29.8 Å². The van der Waals surface area contributed by atoms with E-state index in [1.165, 1.54) is 6.07 Å². The molecular formula is C11H14F2N2O2. The molecule has 0 fully saturated rings. The van der Waals surface area contributed by atoms with Gasteiger partial charge in [0.25, 0.3) is 0 Å². The van der Waals surface area contributed by atoms with Gasteiger partial charge in [0.05, 0.1) is 0 Å². The molecule has 3 N–H and O–H groups in total. The van der Waals surface area contributed by atoms with Crippen molar-refractivity contribution in [2.45, 2.75) is 19.4 Å². The Hall–Kier alpha value is -1.69. The van der Waals surface area contributed by atoms with Crippen LogP contribution in [0.1, 0.15) is 13.3 Å². The lowest BCUT2D eigenvalue weighted by molar-refractivity contribution is 0.241. The van der Waals surface area contributed by atoms with E-state index in [2.05, 4.69) is 10.6 Å². The summed E-state index contributed by atoms with van der Waals surface area (Å²) in [4.78, 5) is 11.4. The Kier molecular flexibility index (Phi) is 4.84. The quantitative estimate of drug-likeness (QED) is 0.757. The number of rotatable bonds is 4. The Labute approximate surface area is 97.6 Å². The van der Waals surface area contributed by atoms with Crippen molar-refractivity contribution in [1.29, 1.82) is 0 Å². The zero-order valence-corrected chi connectivity index (χ0v) is 9.34. The van der Waals surface area contributed by atoms with Gasteiger partial charge in [-0.1, -0.05) is 0 Å². The summed E-state index contributed by atoms with van der Waals surface area (Å²) < 4.78 is 25.4. The van der Waals surface area contributed by atoms with Crippen molar-refractivity contribution in [2.24, 2.45) is 0 Å². The van der Waals surface area contributed by atoms with E-state index < -0.39 is 17.7 Å². The molecule has 94 valence electrons. The molecular weight excluding hydrogens is 230 g/mol. The standard InChI is InChI=1S/C11H14F2N2O2/c1-7(4-5-16)14-11(17)15-8-2-3-9(12)10(13)6-8/h2-3,6-7,16H,4-5H2,1H3,(H2,14,15,17)/t7-/m1/s1. The first-order valence-corrected chi connectivity index (χ1v) is 5.16. The van der Waals surface area contributed by atoms with Crippen LogP contribution in [0.25, 0.3) is 0 Å². The van der Waals surface area contributed by atoms with Crippen LogP contribution >= 0.6 is 0 Å². The number of aliphatic hydroxyl groups excluding tert-OH is 1. The Morgan fingerprint density at radius 1 is 1.41 bits per heavy atom. The normalized spacial score (nSPS) is 12.0. The second-order valence-electron chi connectivity index (χ2n) is 3.64.